The smallest absolute Gasteiger partial charge is 0.435 e. The average Bonchev–Trinajstić information content (AvgIpc) is 3.04. The molecule has 7 nitrogen and oxygen atoms in total. The number of benzene rings is 1. The summed E-state index contributed by atoms with van der Waals surface area (Å²) in [6, 6.07) is 6.50. The van der Waals surface area contributed by atoms with E-state index in [0.29, 0.717) is 29.3 Å². The molecule has 2 rings (SSSR count). The number of carbonyl (C=O) groups excluding carboxylic acids is 1. The lowest BCUT2D eigenvalue weighted by Gasteiger charge is -2.10. The van der Waals surface area contributed by atoms with Crippen LogP contribution in [0.5, 0.6) is 5.75 Å². The number of halogens is 3. The number of guanidine groups is 1. The molecule has 0 spiro atoms. The maximum Gasteiger partial charge on any atom is 0.435 e. The minimum atomic E-state index is -4.82. The lowest BCUT2D eigenvalue weighted by molar-refractivity contribution is -0.141. The number of nitrogens with two attached hydrogens (primary N) is 2. The molecule has 0 atom stereocenters. The minimum Gasteiger partial charge on any atom is -0.494 e. The molecule has 28 heavy (non-hydrogen) atoms. The number of aromatic nitrogens is 1. The van der Waals surface area contributed by atoms with Crippen LogP contribution in [0.25, 0.3) is 10.6 Å². The number of amides is 1. The number of hydrogen-bond acceptors (Lipinski definition) is 5. The molecule has 0 aliphatic carbocycles. The Bertz CT molecular complexity index is 861. The van der Waals surface area contributed by atoms with Gasteiger partial charge in [-0.05, 0) is 32.6 Å². The van der Waals surface area contributed by atoms with Gasteiger partial charge < -0.3 is 21.1 Å². The Labute approximate surface area is 163 Å². The van der Waals surface area contributed by atoms with Crippen LogP contribution in [-0.4, -0.2) is 49.0 Å². The van der Waals surface area contributed by atoms with E-state index in [2.05, 4.69) is 9.98 Å². The predicted octanol–water partition coefficient (Wildman–Crippen LogP) is 2.57. The molecule has 0 unspecified atom stereocenters. The van der Waals surface area contributed by atoms with Gasteiger partial charge in [0.25, 0.3) is 5.91 Å². The van der Waals surface area contributed by atoms with Gasteiger partial charge in [-0.2, -0.15) is 18.2 Å². The molecular weight excluding hydrogens is 395 g/mol. The third-order valence-corrected chi connectivity index (χ3v) is 4.51. The summed E-state index contributed by atoms with van der Waals surface area (Å²) in [4.78, 5) is 20.1. The van der Waals surface area contributed by atoms with E-state index in [1.807, 2.05) is 19.0 Å². The highest BCUT2D eigenvalue weighted by Gasteiger charge is 2.39. The summed E-state index contributed by atoms with van der Waals surface area (Å²) in [6.07, 6.45) is -4.03. The third-order valence-electron chi connectivity index (χ3n) is 3.42. The number of ether oxygens (including phenoxy) is 1. The van der Waals surface area contributed by atoms with Crippen LogP contribution < -0.4 is 16.2 Å². The Hall–Kier alpha value is -2.66. The standard InChI is InChI=1S/C17H20F3N5O2S/c1-25(2)7-4-8-27-11-6-3-5-10(9-11)15-23-13(17(18,19)20)12(28-15)14(26)24-16(21)22/h3,5-6,9H,4,7-8H2,1-2H3,(H4,21,22,24,26). The number of rotatable bonds is 7. The molecule has 11 heteroatoms. The van der Waals surface area contributed by atoms with Gasteiger partial charge >= 0.3 is 6.18 Å². The van der Waals surface area contributed by atoms with E-state index in [9.17, 15) is 18.0 Å². The van der Waals surface area contributed by atoms with Gasteiger partial charge in [0.2, 0.25) is 0 Å². The Morgan fingerprint density at radius 2 is 2.04 bits per heavy atom. The van der Waals surface area contributed by atoms with Crippen LogP contribution in [0.1, 0.15) is 21.8 Å². The molecule has 0 aliphatic rings. The zero-order chi connectivity index (χ0) is 20.9. The van der Waals surface area contributed by atoms with E-state index in [-0.39, 0.29) is 5.01 Å². The Kier molecular flexibility index (Phi) is 6.97. The molecule has 1 heterocycles. The van der Waals surface area contributed by atoms with E-state index >= 15 is 0 Å². The first kappa shape index (κ1) is 21.6. The molecule has 0 saturated heterocycles. The molecule has 4 N–H and O–H groups in total. The van der Waals surface area contributed by atoms with Gasteiger partial charge in [-0.3, -0.25) is 4.79 Å². The lowest BCUT2D eigenvalue weighted by atomic mass is 10.2. The number of thiazole rings is 1. The van der Waals surface area contributed by atoms with Crippen molar-refractivity contribution in [2.75, 3.05) is 27.2 Å². The third kappa shape index (κ3) is 5.92. The summed E-state index contributed by atoms with van der Waals surface area (Å²) >= 11 is 0.569. The molecule has 152 valence electrons. The largest absolute Gasteiger partial charge is 0.494 e. The zero-order valence-electron chi connectivity index (χ0n) is 15.3. The van der Waals surface area contributed by atoms with Crippen molar-refractivity contribution in [3.8, 4) is 16.3 Å². The fraction of sp³-hybridized carbons (Fsp3) is 0.353. The normalized spacial score (nSPS) is 11.5. The van der Waals surface area contributed by atoms with Crippen LogP contribution in [-0.2, 0) is 6.18 Å². The first-order chi connectivity index (χ1) is 13.1. The lowest BCUT2D eigenvalue weighted by Crippen LogP contribution is -2.24. The molecule has 1 amide bonds. The first-order valence-electron chi connectivity index (χ1n) is 8.18. The highest BCUT2D eigenvalue weighted by molar-refractivity contribution is 7.17. The van der Waals surface area contributed by atoms with Crippen LogP contribution in [0, 0.1) is 0 Å². The van der Waals surface area contributed by atoms with Gasteiger partial charge in [0.1, 0.15) is 15.6 Å². The SMILES string of the molecule is CN(C)CCCOc1cccc(-c2nc(C(F)(F)F)c(C(=O)N=C(N)N)s2)c1. The second-order valence-corrected chi connectivity index (χ2v) is 7.07. The van der Waals surface area contributed by atoms with Crippen LogP contribution in [0.15, 0.2) is 29.3 Å². The van der Waals surface area contributed by atoms with E-state index in [0.717, 1.165) is 13.0 Å². The van der Waals surface area contributed by atoms with Crippen molar-refractivity contribution in [2.24, 2.45) is 16.5 Å². The summed E-state index contributed by atoms with van der Waals surface area (Å²) in [6.45, 7) is 1.30. The van der Waals surface area contributed by atoms with Crippen LogP contribution in [0.2, 0.25) is 0 Å². The summed E-state index contributed by atoms with van der Waals surface area (Å²) in [5.41, 5.74) is 9.26. The van der Waals surface area contributed by atoms with Gasteiger partial charge in [-0.25, -0.2) is 4.98 Å². The van der Waals surface area contributed by atoms with Crippen molar-refractivity contribution in [1.29, 1.82) is 0 Å². The minimum absolute atomic E-state index is 0.0141. The number of carbonyl (C=O) groups is 1. The number of alkyl halides is 3. The van der Waals surface area contributed by atoms with Gasteiger partial charge in [-0.1, -0.05) is 12.1 Å². The molecule has 0 bridgehead atoms. The molecule has 2 aromatic rings. The number of hydrogen-bond donors (Lipinski definition) is 2. The maximum atomic E-state index is 13.3. The van der Waals surface area contributed by atoms with Crippen molar-refractivity contribution >= 4 is 23.2 Å². The van der Waals surface area contributed by atoms with Gasteiger partial charge in [0.15, 0.2) is 11.7 Å². The molecule has 0 fully saturated rings. The van der Waals surface area contributed by atoms with Gasteiger partial charge in [0, 0.05) is 12.1 Å². The molecule has 1 aromatic carbocycles. The van der Waals surface area contributed by atoms with Crippen molar-refractivity contribution in [3.63, 3.8) is 0 Å². The second kappa shape index (κ2) is 9.02. The van der Waals surface area contributed by atoms with Crippen molar-refractivity contribution in [2.45, 2.75) is 12.6 Å². The monoisotopic (exact) mass is 415 g/mol. The van der Waals surface area contributed by atoms with Crippen LogP contribution in [0.3, 0.4) is 0 Å². The summed E-state index contributed by atoms with van der Waals surface area (Å²) < 4.78 is 45.5. The number of aliphatic imine (C=N–C) groups is 1. The quantitative estimate of drug-likeness (QED) is 0.409. The van der Waals surface area contributed by atoms with Crippen molar-refractivity contribution in [3.05, 3.63) is 34.8 Å². The Balaban J connectivity index is 2.30. The summed E-state index contributed by atoms with van der Waals surface area (Å²) in [5, 5.41) is 0.0141. The first-order valence-corrected chi connectivity index (χ1v) is 8.99. The topological polar surface area (TPSA) is 107 Å². The molecule has 0 saturated carbocycles. The fourth-order valence-electron chi connectivity index (χ4n) is 2.24. The zero-order valence-corrected chi connectivity index (χ0v) is 16.1. The fourth-order valence-corrected chi connectivity index (χ4v) is 3.20. The van der Waals surface area contributed by atoms with Crippen molar-refractivity contribution < 1.29 is 22.7 Å². The second-order valence-electron chi connectivity index (χ2n) is 6.07. The molecule has 0 radical (unpaired) electrons. The van der Waals surface area contributed by atoms with Gasteiger partial charge in [0.05, 0.1) is 6.61 Å². The summed E-state index contributed by atoms with van der Waals surface area (Å²) in [7, 11) is 3.89. The Morgan fingerprint density at radius 1 is 1.32 bits per heavy atom. The van der Waals surface area contributed by atoms with Gasteiger partial charge in [-0.15, -0.1) is 11.3 Å². The van der Waals surface area contributed by atoms with Crippen molar-refractivity contribution in [1.82, 2.24) is 9.88 Å². The Morgan fingerprint density at radius 3 is 2.64 bits per heavy atom. The van der Waals surface area contributed by atoms with Crippen LogP contribution in [0.4, 0.5) is 13.2 Å². The van der Waals surface area contributed by atoms with Crippen LogP contribution >= 0.6 is 11.3 Å². The highest BCUT2D eigenvalue weighted by atomic mass is 32.1. The maximum absolute atomic E-state index is 13.3. The highest BCUT2D eigenvalue weighted by Crippen LogP contribution is 2.38. The summed E-state index contributed by atoms with van der Waals surface area (Å²) in [5.74, 6) is -1.31. The van der Waals surface area contributed by atoms with E-state index in [1.54, 1.807) is 24.3 Å². The predicted molar refractivity (Wildman–Crippen MR) is 101 cm³/mol. The average molecular weight is 415 g/mol. The number of nitrogens with zero attached hydrogens (tertiary/aromatic N) is 3. The molecular formula is C17H20F3N5O2S. The van der Waals surface area contributed by atoms with E-state index in [4.69, 9.17) is 16.2 Å². The molecule has 1 aromatic heterocycles. The van der Waals surface area contributed by atoms with E-state index < -0.39 is 28.6 Å². The van der Waals surface area contributed by atoms with E-state index in [1.165, 1.54) is 0 Å². The molecule has 0 aliphatic heterocycles.